The Morgan fingerprint density at radius 2 is 1.38 bits per heavy atom. The fourth-order valence-electron chi connectivity index (χ4n) is 8.63. The Hall–Kier alpha value is -5.63. The molecule has 2 aromatic carbocycles. The summed E-state index contributed by atoms with van der Waals surface area (Å²) in [4.78, 5) is 45.7. The number of fused-ring (bicyclic) bond motifs is 1. The van der Waals surface area contributed by atoms with Gasteiger partial charge < -0.3 is 46.4 Å². The molecule has 4 atom stereocenters. The van der Waals surface area contributed by atoms with E-state index < -0.39 is 100 Å². The molecule has 0 saturated heterocycles. The van der Waals surface area contributed by atoms with E-state index in [1.165, 1.54) is 0 Å². The molecule has 12 N–H and O–H groups in total. The van der Waals surface area contributed by atoms with Gasteiger partial charge in [-0.3, -0.25) is 28.5 Å². The van der Waals surface area contributed by atoms with E-state index in [1.54, 1.807) is 60.7 Å². The summed E-state index contributed by atoms with van der Waals surface area (Å²) in [5.41, 5.74) is 2.93. The molecule has 81 heavy (non-hydrogen) atoms. The lowest BCUT2D eigenvalue weighted by Gasteiger charge is -2.27. The van der Waals surface area contributed by atoms with Crippen molar-refractivity contribution in [3.63, 3.8) is 0 Å². The zero-order valence-electron chi connectivity index (χ0n) is 45.7. The Balaban J connectivity index is 1.43. The molecule has 0 unspecified atom stereocenters. The third-order valence-corrected chi connectivity index (χ3v) is 17.0. The van der Waals surface area contributed by atoms with Crippen LogP contribution in [-0.4, -0.2) is 162 Å². The molecule has 0 bridgehead atoms. The van der Waals surface area contributed by atoms with Crippen LogP contribution in [0, 0.1) is 0 Å². The first-order valence-corrected chi connectivity index (χ1v) is 31.8. The number of rotatable bonds is 34. The molecule has 28 heteroatoms. The number of sulfonamides is 1. The molecular formula is C53H76N8O16S4. The molecule has 3 amide bonds. The van der Waals surface area contributed by atoms with Gasteiger partial charge in [-0.05, 0) is 92.1 Å². The standard InChI is InChI=1S/C53H76N8O16S4/c1-52(2,38-21-19-20-36(32-38)48(68)56-28-14-10-6-9-13-24-45(65)58-50-59-60-51(78-50)81(54,76)77)43(55-27-15-17-30-79(70,71)72)22-11-7-5-8-12-23-44-53(3,4)39-33-37(25-26-40(39)61(44)29-16-18-31-80(73,74)75)49(69)57-34-41(63)46(66)47(67)42(64)35-62/h5,7-8,11-12,19-23,25-26,32-33,41-42,46-47,62-64,66-67H,6,9-10,13-18,24,27-31,34-35H2,1-4H3,(H,56,68)(H,57,69)(H2,54,76,77)(H,58,59,65)(H,70,71,72)(H,73,74,75)/b7-5+,12-8+,22-11+,44-23+,55-43?/t41-,42+,46+,47+/m0/s1. The average molecular weight is 1210 g/mol. The van der Waals surface area contributed by atoms with Gasteiger partial charge in [0.25, 0.3) is 42.1 Å². The van der Waals surface area contributed by atoms with Gasteiger partial charge in [-0.2, -0.15) is 16.8 Å². The fourth-order valence-corrected chi connectivity index (χ4v) is 11.1. The zero-order chi connectivity index (χ0) is 60.2. The summed E-state index contributed by atoms with van der Waals surface area (Å²) < 4.78 is 86.7. The summed E-state index contributed by atoms with van der Waals surface area (Å²) in [6, 6.07) is 12.2. The van der Waals surface area contributed by atoms with Gasteiger partial charge in [0.05, 0.1) is 24.2 Å². The van der Waals surface area contributed by atoms with Gasteiger partial charge in [0.2, 0.25) is 15.4 Å². The third-order valence-electron chi connectivity index (χ3n) is 13.3. The van der Waals surface area contributed by atoms with Crippen LogP contribution in [0.15, 0.2) is 100 Å². The normalized spacial score (nSPS) is 16.3. The van der Waals surface area contributed by atoms with Crippen LogP contribution in [0.3, 0.4) is 0 Å². The summed E-state index contributed by atoms with van der Waals surface area (Å²) in [6.07, 6.45) is 10.6. The number of allylic oxidation sites excluding steroid dienone is 8. The van der Waals surface area contributed by atoms with Gasteiger partial charge in [-0.25, -0.2) is 13.6 Å². The number of primary sulfonamides is 1. The molecule has 2 heterocycles. The van der Waals surface area contributed by atoms with Crippen molar-refractivity contribution in [1.82, 2.24) is 20.8 Å². The molecule has 24 nitrogen and oxygen atoms in total. The van der Waals surface area contributed by atoms with E-state index in [-0.39, 0.29) is 48.3 Å². The Bertz CT molecular complexity index is 3120. The molecule has 0 saturated carbocycles. The van der Waals surface area contributed by atoms with Gasteiger partial charge in [0.1, 0.15) is 18.3 Å². The van der Waals surface area contributed by atoms with Crippen LogP contribution in [0.5, 0.6) is 0 Å². The number of aromatic nitrogens is 2. The Morgan fingerprint density at radius 1 is 0.765 bits per heavy atom. The number of hydrogen-bond acceptors (Lipinski definition) is 19. The first-order chi connectivity index (χ1) is 38.0. The molecule has 0 fully saturated rings. The predicted octanol–water partition coefficient (Wildman–Crippen LogP) is 3.47. The maximum absolute atomic E-state index is 13.3. The van der Waals surface area contributed by atoms with Crippen molar-refractivity contribution in [1.29, 1.82) is 0 Å². The zero-order valence-corrected chi connectivity index (χ0v) is 49.0. The van der Waals surface area contributed by atoms with Crippen molar-refractivity contribution < 1.29 is 74.3 Å². The minimum Gasteiger partial charge on any atom is -0.394 e. The van der Waals surface area contributed by atoms with Gasteiger partial charge >= 0.3 is 0 Å². The van der Waals surface area contributed by atoms with Crippen LogP contribution in [0.1, 0.15) is 124 Å². The summed E-state index contributed by atoms with van der Waals surface area (Å²) in [6.45, 7) is 7.51. The molecule has 0 aliphatic carbocycles. The Labute approximate surface area is 477 Å². The smallest absolute Gasteiger partial charge is 0.267 e. The molecule has 1 aliphatic rings. The van der Waals surface area contributed by atoms with Crippen molar-refractivity contribution in [2.75, 3.05) is 54.5 Å². The summed E-state index contributed by atoms with van der Waals surface area (Å²) in [5, 5.41) is 69.4. The van der Waals surface area contributed by atoms with Crippen molar-refractivity contribution in [3.8, 4) is 0 Å². The third kappa shape index (κ3) is 21.9. The number of aliphatic hydroxyl groups is 5. The quantitative estimate of drug-likeness (QED) is 0.0134. The average Bonchev–Trinajstić information content (AvgIpc) is 4.06. The summed E-state index contributed by atoms with van der Waals surface area (Å²) in [5.74, 6) is -2.01. The van der Waals surface area contributed by atoms with Gasteiger partial charge in [0.15, 0.2) is 0 Å². The van der Waals surface area contributed by atoms with E-state index in [2.05, 4.69) is 26.1 Å². The Kier molecular flexibility index (Phi) is 26.1. The number of anilines is 2. The number of nitrogens with zero attached hydrogens (tertiary/aromatic N) is 4. The van der Waals surface area contributed by atoms with E-state index in [0.717, 1.165) is 41.8 Å². The van der Waals surface area contributed by atoms with Crippen LogP contribution in [-0.2, 0) is 45.9 Å². The largest absolute Gasteiger partial charge is 0.394 e. The van der Waals surface area contributed by atoms with Crippen LogP contribution < -0.4 is 26.0 Å². The van der Waals surface area contributed by atoms with E-state index in [1.807, 2.05) is 56.9 Å². The highest BCUT2D eigenvalue weighted by Gasteiger charge is 2.40. The molecule has 0 spiro atoms. The van der Waals surface area contributed by atoms with Crippen molar-refractivity contribution in [2.24, 2.45) is 10.1 Å². The maximum atomic E-state index is 13.3. The lowest BCUT2D eigenvalue weighted by Crippen LogP contribution is -2.49. The second-order valence-electron chi connectivity index (χ2n) is 20.4. The Morgan fingerprint density at radius 3 is 2.05 bits per heavy atom. The van der Waals surface area contributed by atoms with Crippen LogP contribution >= 0.6 is 11.3 Å². The number of benzene rings is 2. The number of aliphatic imine (C=N–C) groups is 1. The van der Waals surface area contributed by atoms with Crippen LogP contribution in [0.4, 0.5) is 10.8 Å². The lowest BCUT2D eigenvalue weighted by atomic mass is 9.79. The second-order valence-corrected chi connectivity index (χ2v) is 26.3. The molecule has 448 valence electrons. The second kappa shape index (κ2) is 31.1. The first-order valence-electron chi connectivity index (χ1n) is 26.2. The number of carbonyl (C=O) groups is 3. The summed E-state index contributed by atoms with van der Waals surface area (Å²) in [7, 11) is -12.3. The summed E-state index contributed by atoms with van der Waals surface area (Å²) >= 11 is 0.669. The van der Waals surface area contributed by atoms with E-state index in [4.69, 9.17) is 15.2 Å². The number of nitrogens with one attached hydrogen (secondary N) is 3. The van der Waals surface area contributed by atoms with Gasteiger partial charge in [-0.15, -0.1) is 10.2 Å². The van der Waals surface area contributed by atoms with Gasteiger partial charge in [-0.1, -0.05) is 101 Å². The number of hydrogen-bond donors (Lipinski definition) is 11. The topological polar surface area (TPSA) is 399 Å². The van der Waals surface area contributed by atoms with Crippen LogP contribution in [0.2, 0.25) is 0 Å². The van der Waals surface area contributed by atoms with Gasteiger partial charge in [0, 0.05) is 71.7 Å². The van der Waals surface area contributed by atoms with Crippen molar-refractivity contribution in [2.45, 2.75) is 131 Å². The molecule has 1 aliphatic heterocycles. The number of amides is 3. The number of aliphatic hydroxyl groups excluding tert-OH is 5. The molecule has 4 rings (SSSR count). The molecule has 0 radical (unpaired) electrons. The number of nitrogens with two attached hydrogens (primary N) is 1. The fraction of sp³-hybridized carbons (Fsp3) is 0.509. The monoisotopic (exact) mass is 1210 g/mol. The highest BCUT2D eigenvalue weighted by atomic mass is 32.2. The van der Waals surface area contributed by atoms with E-state index >= 15 is 0 Å². The molecule has 3 aromatic rings. The highest BCUT2D eigenvalue weighted by Crippen LogP contribution is 2.48. The number of carbonyl (C=O) groups excluding carboxylic acids is 3. The van der Waals surface area contributed by atoms with E-state index in [9.17, 15) is 69.2 Å². The number of unbranched alkanes of at least 4 members (excludes halogenated alkanes) is 6. The van der Waals surface area contributed by atoms with Crippen LogP contribution in [0.25, 0.3) is 0 Å². The predicted molar refractivity (Wildman–Crippen MR) is 309 cm³/mol. The van der Waals surface area contributed by atoms with E-state index in [0.29, 0.717) is 61.4 Å². The minimum absolute atomic E-state index is 0.0454. The maximum Gasteiger partial charge on any atom is 0.267 e. The molecule has 1 aromatic heterocycles. The minimum atomic E-state index is -4.19. The lowest BCUT2D eigenvalue weighted by molar-refractivity contribution is -0.116. The van der Waals surface area contributed by atoms with Crippen molar-refractivity contribution >= 4 is 75.8 Å². The highest BCUT2D eigenvalue weighted by molar-refractivity contribution is 7.91. The first kappa shape index (κ1) is 67.9. The van der Waals surface area contributed by atoms with Crippen molar-refractivity contribution in [3.05, 3.63) is 113 Å². The SMILES string of the molecule is CC(C)(C(/C=C/C=C/C=C/C=C1/N(CCCCS(=O)(=O)O)c2ccc(C(=O)NC[C@H](O)[C@@H](O)[C@H](O)[C@H](O)CO)cc2C1(C)C)=NCCCCS(=O)(=O)O)c1cccc(C(=O)NCCCCCCCC(=O)Nc2nnc(S(N)(=O)=O)s2)c1. The molecular weight excluding hydrogens is 1130 g/mol.